The Kier molecular flexibility index (Phi) is 7.98. The standard InChI is InChI=1S/C28H24N2O3S/c31-27(20-33-25-16-8-3-9-17-25)29-22-11-10-18-26(19-22)34-21-28(32)30(23-12-4-1-5-13-23)24-14-6-2-7-15-24/h1-19H,20-21H2,(H,29,31). The summed E-state index contributed by atoms with van der Waals surface area (Å²) in [7, 11) is 0. The number of ether oxygens (including phenoxy) is 1. The van der Waals surface area contributed by atoms with E-state index >= 15 is 0 Å². The summed E-state index contributed by atoms with van der Waals surface area (Å²) in [6.45, 7) is -0.0804. The van der Waals surface area contributed by atoms with Crippen molar-refractivity contribution in [3.63, 3.8) is 0 Å². The van der Waals surface area contributed by atoms with Gasteiger partial charge in [0.05, 0.1) is 5.75 Å². The Morgan fingerprint density at radius 3 is 1.94 bits per heavy atom. The van der Waals surface area contributed by atoms with Gasteiger partial charge in [-0.2, -0.15) is 0 Å². The first-order valence-corrected chi connectivity index (χ1v) is 11.8. The van der Waals surface area contributed by atoms with E-state index in [1.165, 1.54) is 11.8 Å². The topological polar surface area (TPSA) is 58.6 Å². The van der Waals surface area contributed by atoms with E-state index in [4.69, 9.17) is 4.74 Å². The molecule has 1 N–H and O–H groups in total. The Labute approximate surface area is 203 Å². The zero-order chi connectivity index (χ0) is 23.6. The van der Waals surface area contributed by atoms with Crippen LogP contribution in [0.2, 0.25) is 0 Å². The van der Waals surface area contributed by atoms with Gasteiger partial charge in [0, 0.05) is 22.0 Å². The number of nitrogens with one attached hydrogen (secondary N) is 1. The summed E-state index contributed by atoms with van der Waals surface area (Å²) < 4.78 is 5.49. The molecule has 0 spiro atoms. The number of thioether (sulfide) groups is 1. The molecule has 4 aromatic carbocycles. The third-order valence-corrected chi connectivity index (χ3v) is 5.85. The maximum Gasteiger partial charge on any atom is 0.262 e. The average molecular weight is 469 g/mol. The second-order valence-electron chi connectivity index (χ2n) is 7.37. The Morgan fingerprint density at radius 2 is 1.32 bits per heavy atom. The molecule has 0 aromatic heterocycles. The van der Waals surface area contributed by atoms with Crippen LogP contribution in [0.5, 0.6) is 5.75 Å². The van der Waals surface area contributed by atoms with Crippen molar-refractivity contribution in [2.24, 2.45) is 0 Å². The SMILES string of the molecule is O=C(COc1ccccc1)Nc1cccc(SCC(=O)N(c2ccccc2)c2ccccc2)c1. The van der Waals surface area contributed by atoms with Crippen LogP contribution >= 0.6 is 11.8 Å². The highest BCUT2D eigenvalue weighted by Crippen LogP contribution is 2.28. The van der Waals surface area contributed by atoms with Crippen LogP contribution in [0.25, 0.3) is 0 Å². The average Bonchev–Trinajstić information content (AvgIpc) is 2.89. The van der Waals surface area contributed by atoms with Crippen molar-refractivity contribution >= 4 is 40.6 Å². The number of nitrogens with zero attached hydrogens (tertiary/aromatic N) is 1. The van der Waals surface area contributed by atoms with Gasteiger partial charge in [0.2, 0.25) is 5.91 Å². The number of amides is 2. The van der Waals surface area contributed by atoms with Gasteiger partial charge in [0.25, 0.3) is 5.91 Å². The normalized spacial score (nSPS) is 10.4. The minimum atomic E-state index is -0.249. The van der Waals surface area contributed by atoms with Crippen LogP contribution in [0.4, 0.5) is 17.1 Å². The molecule has 34 heavy (non-hydrogen) atoms. The van der Waals surface area contributed by atoms with E-state index < -0.39 is 0 Å². The highest BCUT2D eigenvalue weighted by Gasteiger charge is 2.18. The lowest BCUT2D eigenvalue weighted by atomic mass is 10.2. The van der Waals surface area contributed by atoms with Gasteiger partial charge in [-0.25, -0.2) is 0 Å². The largest absolute Gasteiger partial charge is 0.484 e. The highest BCUT2D eigenvalue weighted by atomic mass is 32.2. The molecule has 0 aliphatic rings. The Hall–Kier alpha value is -4.03. The van der Waals surface area contributed by atoms with Crippen molar-refractivity contribution < 1.29 is 14.3 Å². The molecule has 0 aliphatic heterocycles. The fourth-order valence-corrected chi connectivity index (χ4v) is 4.13. The summed E-state index contributed by atoms with van der Waals surface area (Å²) in [5.74, 6) is 0.606. The molecule has 5 nitrogen and oxygen atoms in total. The Morgan fingerprint density at radius 1 is 0.735 bits per heavy atom. The van der Waals surface area contributed by atoms with Crippen molar-refractivity contribution in [3.8, 4) is 5.75 Å². The number of carbonyl (C=O) groups is 2. The van der Waals surface area contributed by atoms with Crippen LogP contribution in [0.15, 0.2) is 120 Å². The molecule has 0 aliphatic carbocycles. The predicted octanol–water partition coefficient (Wildman–Crippen LogP) is 6.16. The maximum absolute atomic E-state index is 13.2. The smallest absolute Gasteiger partial charge is 0.262 e. The first-order chi connectivity index (χ1) is 16.7. The number of anilines is 3. The summed E-state index contributed by atoms with van der Waals surface area (Å²) >= 11 is 1.42. The van der Waals surface area contributed by atoms with Gasteiger partial charge < -0.3 is 10.1 Å². The molecule has 0 heterocycles. The summed E-state index contributed by atoms with van der Waals surface area (Å²) in [5.41, 5.74) is 2.29. The molecule has 0 saturated heterocycles. The summed E-state index contributed by atoms with van der Waals surface area (Å²) in [6, 6.07) is 35.8. The van der Waals surface area contributed by atoms with E-state index in [-0.39, 0.29) is 24.2 Å². The molecule has 0 unspecified atom stereocenters. The van der Waals surface area contributed by atoms with Crippen LogP contribution in [-0.2, 0) is 9.59 Å². The second kappa shape index (κ2) is 11.7. The number of benzene rings is 4. The molecule has 4 rings (SSSR count). The molecule has 0 bridgehead atoms. The van der Waals surface area contributed by atoms with Gasteiger partial charge in [-0.3, -0.25) is 14.5 Å². The lowest BCUT2D eigenvalue weighted by molar-refractivity contribution is -0.118. The van der Waals surface area contributed by atoms with Crippen molar-refractivity contribution in [3.05, 3.63) is 115 Å². The molecule has 2 amide bonds. The fraction of sp³-hybridized carbons (Fsp3) is 0.0714. The van der Waals surface area contributed by atoms with Crippen LogP contribution in [0.1, 0.15) is 0 Å². The van der Waals surface area contributed by atoms with Gasteiger partial charge in [-0.15, -0.1) is 11.8 Å². The molecule has 170 valence electrons. The van der Waals surface area contributed by atoms with E-state index in [1.807, 2.05) is 103 Å². The zero-order valence-corrected chi connectivity index (χ0v) is 19.3. The van der Waals surface area contributed by atoms with Crippen molar-refractivity contribution in [1.29, 1.82) is 0 Å². The van der Waals surface area contributed by atoms with Gasteiger partial charge in [0.1, 0.15) is 5.75 Å². The molecular formula is C28H24N2O3S. The number of hydrogen-bond donors (Lipinski definition) is 1. The monoisotopic (exact) mass is 468 g/mol. The minimum Gasteiger partial charge on any atom is -0.484 e. The van der Waals surface area contributed by atoms with E-state index in [0.29, 0.717) is 11.4 Å². The molecule has 0 saturated carbocycles. The van der Waals surface area contributed by atoms with Gasteiger partial charge in [-0.1, -0.05) is 60.7 Å². The lowest BCUT2D eigenvalue weighted by Crippen LogP contribution is -2.27. The van der Waals surface area contributed by atoms with Crippen molar-refractivity contribution in [1.82, 2.24) is 0 Å². The first-order valence-electron chi connectivity index (χ1n) is 10.8. The van der Waals surface area contributed by atoms with E-state index in [9.17, 15) is 9.59 Å². The van der Waals surface area contributed by atoms with E-state index in [2.05, 4.69) is 5.32 Å². The number of para-hydroxylation sites is 3. The van der Waals surface area contributed by atoms with Gasteiger partial charge in [-0.05, 0) is 54.6 Å². The third kappa shape index (κ3) is 6.49. The lowest BCUT2D eigenvalue weighted by Gasteiger charge is -2.23. The fourth-order valence-electron chi connectivity index (χ4n) is 3.33. The van der Waals surface area contributed by atoms with Crippen LogP contribution in [0, 0.1) is 0 Å². The van der Waals surface area contributed by atoms with E-state index in [1.54, 1.807) is 17.0 Å². The van der Waals surface area contributed by atoms with E-state index in [0.717, 1.165) is 16.3 Å². The van der Waals surface area contributed by atoms with Crippen LogP contribution < -0.4 is 15.0 Å². The van der Waals surface area contributed by atoms with Gasteiger partial charge in [0.15, 0.2) is 6.61 Å². The molecule has 0 fully saturated rings. The molecule has 0 atom stereocenters. The number of carbonyl (C=O) groups excluding carboxylic acids is 2. The number of rotatable bonds is 9. The Balaban J connectivity index is 1.37. The quantitative estimate of drug-likeness (QED) is 0.299. The number of hydrogen-bond acceptors (Lipinski definition) is 4. The van der Waals surface area contributed by atoms with Gasteiger partial charge >= 0.3 is 0 Å². The van der Waals surface area contributed by atoms with Crippen molar-refractivity contribution in [2.45, 2.75) is 4.90 Å². The molecule has 4 aromatic rings. The van der Waals surface area contributed by atoms with Crippen molar-refractivity contribution in [2.75, 3.05) is 22.6 Å². The second-order valence-corrected chi connectivity index (χ2v) is 8.42. The minimum absolute atomic E-state index is 0.0342. The molecule has 6 heteroatoms. The highest BCUT2D eigenvalue weighted by molar-refractivity contribution is 8.00. The molecule has 0 radical (unpaired) electrons. The van der Waals surface area contributed by atoms with Crippen LogP contribution in [-0.4, -0.2) is 24.2 Å². The summed E-state index contributed by atoms with van der Waals surface area (Å²) in [4.78, 5) is 28.1. The molecular weight excluding hydrogens is 444 g/mol. The predicted molar refractivity (Wildman–Crippen MR) is 138 cm³/mol. The third-order valence-electron chi connectivity index (χ3n) is 4.87. The Bertz CT molecular complexity index is 1180. The summed E-state index contributed by atoms with van der Waals surface area (Å²) in [6.07, 6.45) is 0. The zero-order valence-electron chi connectivity index (χ0n) is 18.5. The summed E-state index contributed by atoms with van der Waals surface area (Å²) in [5, 5.41) is 2.84. The first kappa shape index (κ1) is 23.1. The van der Waals surface area contributed by atoms with Crippen LogP contribution in [0.3, 0.4) is 0 Å². The maximum atomic E-state index is 13.2.